The van der Waals surface area contributed by atoms with E-state index in [4.69, 9.17) is 28.9 Å². The maximum atomic E-state index is 14.6. The summed E-state index contributed by atoms with van der Waals surface area (Å²) in [6.07, 6.45) is 10.3. The van der Waals surface area contributed by atoms with Gasteiger partial charge in [-0.1, -0.05) is 25.0 Å². The summed E-state index contributed by atoms with van der Waals surface area (Å²) in [4.78, 5) is 66.5. The van der Waals surface area contributed by atoms with E-state index >= 15 is 0 Å². The number of nitrogens with zero attached hydrogens (tertiary/aromatic N) is 3. The Balaban J connectivity index is 1.21. The highest BCUT2D eigenvalue weighted by molar-refractivity contribution is 7.14. The fraction of sp³-hybridized carbons (Fsp3) is 0.561. The van der Waals surface area contributed by atoms with Gasteiger partial charge in [-0.15, -0.1) is 11.3 Å². The van der Waals surface area contributed by atoms with Crippen LogP contribution in [0.15, 0.2) is 41.8 Å². The van der Waals surface area contributed by atoms with Crippen LogP contribution < -0.4 is 25.4 Å². The largest absolute Gasteiger partial charge is 0.497 e. The van der Waals surface area contributed by atoms with Crippen molar-refractivity contribution in [3.8, 4) is 22.9 Å². The summed E-state index contributed by atoms with van der Waals surface area (Å²) in [5, 5.41) is 12.6. The lowest BCUT2D eigenvalue weighted by molar-refractivity contribution is -0.148. The highest BCUT2D eigenvalue weighted by Gasteiger charge is 2.62. The monoisotopic (exact) mass is 788 g/mol. The first kappa shape index (κ1) is 39.3. The molecule has 56 heavy (non-hydrogen) atoms. The van der Waals surface area contributed by atoms with Crippen molar-refractivity contribution in [3.63, 3.8) is 0 Å². The van der Waals surface area contributed by atoms with Crippen LogP contribution in [0, 0.1) is 5.92 Å². The molecular formula is C41H52N6O8S. The zero-order chi connectivity index (χ0) is 39.4. The van der Waals surface area contributed by atoms with Gasteiger partial charge in [0.1, 0.15) is 47.0 Å². The Morgan fingerprint density at radius 3 is 2.57 bits per heavy atom. The van der Waals surface area contributed by atoms with E-state index in [2.05, 4.69) is 16.0 Å². The van der Waals surface area contributed by atoms with Crippen molar-refractivity contribution in [2.45, 2.75) is 120 Å². The van der Waals surface area contributed by atoms with Crippen LogP contribution in [0.5, 0.6) is 11.5 Å². The first-order valence-corrected chi connectivity index (χ1v) is 20.7. The van der Waals surface area contributed by atoms with Crippen molar-refractivity contribution < 1.29 is 38.1 Å². The van der Waals surface area contributed by atoms with Crippen molar-refractivity contribution in [1.82, 2.24) is 25.5 Å². The van der Waals surface area contributed by atoms with Gasteiger partial charge in [-0.2, -0.15) is 0 Å². The number of amides is 3. The molecule has 1 aromatic carbocycles. The molecule has 300 valence electrons. The molecule has 2 aliphatic heterocycles. The predicted molar refractivity (Wildman–Crippen MR) is 212 cm³/mol. The van der Waals surface area contributed by atoms with Crippen molar-refractivity contribution >= 4 is 51.2 Å². The molecule has 0 bridgehead atoms. The number of rotatable bonds is 9. The molecule has 0 spiro atoms. The number of aromatic nitrogens is 2. The Kier molecular flexibility index (Phi) is 12.0. The second kappa shape index (κ2) is 17.1. The lowest BCUT2D eigenvalue weighted by Crippen LogP contribution is -2.56. The second-order valence-corrected chi connectivity index (χ2v) is 16.4. The van der Waals surface area contributed by atoms with Crippen LogP contribution in [0.4, 0.5) is 9.93 Å². The van der Waals surface area contributed by atoms with E-state index in [1.165, 1.54) is 23.3 Å². The minimum atomic E-state index is -1.22. The normalized spacial score (nSPS) is 26.3. The van der Waals surface area contributed by atoms with Crippen molar-refractivity contribution in [2.24, 2.45) is 5.92 Å². The number of hydrogen-bond donors (Lipinski definition) is 3. The molecule has 2 aromatic heterocycles. The van der Waals surface area contributed by atoms with Crippen LogP contribution in [0.1, 0.15) is 84.5 Å². The summed E-state index contributed by atoms with van der Waals surface area (Å²) >= 11 is 1.48. The van der Waals surface area contributed by atoms with Crippen molar-refractivity contribution in [1.29, 1.82) is 0 Å². The van der Waals surface area contributed by atoms with E-state index < -0.39 is 47.6 Å². The minimum Gasteiger partial charge on any atom is -0.497 e. The number of methoxy groups -OCH3 is 2. The van der Waals surface area contributed by atoms with Crippen LogP contribution in [0.3, 0.4) is 0 Å². The summed E-state index contributed by atoms with van der Waals surface area (Å²) in [7, 11) is 2.90. The molecule has 2 aliphatic carbocycles. The highest BCUT2D eigenvalue weighted by atomic mass is 32.1. The van der Waals surface area contributed by atoms with Crippen LogP contribution >= 0.6 is 11.3 Å². The standard InChI is InChI=1S/C41H52N6O8S/c1-24(2)42-39-44-33(23-56-39)32-20-35(29-17-16-27(52-3)18-31(29)43-32)54-28-19-34-36(48)46-41(38(50)53-4)21-25(41)12-8-6-5-7-9-15-30(37(49)47(34)22-28)45-40(51)55-26-13-10-11-14-26/h8,12,16-18,20,23-26,28,30,34H,5-7,9-11,13-15,19,21-22H2,1-4H3,(H,42,44)(H,45,51)(H,46,48)/b12-8-/t25-,28?,30+,34+,41-/m1/s1. The number of ether oxygens (including phenoxy) is 4. The number of anilines is 1. The number of carbonyl (C=O) groups excluding carboxylic acids is 4. The molecule has 15 heteroatoms. The summed E-state index contributed by atoms with van der Waals surface area (Å²) in [6.45, 7) is 4.16. The molecule has 4 heterocycles. The Morgan fingerprint density at radius 2 is 1.80 bits per heavy atom. The average molecular weight is 789 g/mol. The lowest BCUT2D eigenvalue weighted by Gasteiger charge is -2.29. The Morgan fingerprint density at radius 1 is 1.00 bits per heavy atom. The molecule has 1 saturated heterocycles. The molecule has 3 amide bonds. The van der Waals surface area contributed by atoms with Gasteiger partial charge >= 0.3 is 12.1 Å². The third-order valence-corrected chi connectivity index (χ3v) is 11.9. The van der Waals surface area contributed by atoms with Gasteiger partial charge in [-0.3, -0.25) is 9.59 Å². The molecule has 3 N–H and O–H groups in total. The predicted octanol–water partition coefficient (Wildman–Crippen LogP) is 6.14. The summed E-state index contributed by atoms with van der Waals surface area (Å²) < 4.78 is 23.1. The quantitative estimate of drug-likeness (QED) is 0.168. The number of pyridine rings is 1. The summed E-state index contributed by atoms with van der Waals surface area (Å²) in [5.74, 6) is -0.492. The van der Waals surface area contributed by atoms with Crippen molar-refractivity contribution in [2.75, 3.05) is 26.1 Å². The van der Waals surface area contributed by atoms with Gasteiger partial charge in [0, 0.05) is 41.3 Å². The molecule has 3 aromatic rings. The fourth-order valence-corrected chi connectivity index (χ4v) is 8.92. The smallest absolute Gasteiger partial charge is 0.408 e. The number of allylic oxidation sites excluding steroid dienone is 1. The Labute approximate surface area is 331 Å². The number of fused-ring (bicyclic) bond motifs is 3. The number of hydrogen-bond acceptors (Lipinski definition) is 12. The fourth-order valence-electron chi connectivity index (χ4n) is 8.07. The van der Waals surface area contributed by atoms with Crippen molar-refractivity contribution in [3.05, 3.63) is 41.8 Å². The maximum absolute atomic E-state index is 14.6. The first-order chi connectivity index (χ1) is 27.1. The van der Waals surface area contributed by atoms with Gasteiger partial charge in [0.15, 0.2) is 5.13 Å². The van der Waals surface area contributed by atoms with E-state index in [0.717, 1.165) is 55.5 Å². The molecule has 7 rings (SSSR count). The number of alkyl carbamates (subject to hydrolysis) is 1. The number of benzene rings is 1. The van der Waals surface area contributed by atoms with Gasteiger partial charge in [-0.05, 0) is 77.3 Å². The molecule has 14 nitrogen and oxygen atoms in total. The number of esters is 1. The van der Waals surface area contributed by atoms with Gasteiger partial charge in [0.25, 0.3) is 0 Å². The zero-order valence-corrected chi connectivity index (χ0v) is 33.3. The van der Waals surface area contributed by atoms with E-state index in [0.29, 0.717) is 47.7 Å². The molecular weight excluding hydrogens is 737 g/mol. The number of carbonyl (C=O) groups is 4. The lowest BCUT2D eigenvalue weighted by atomic mass is 10.0. The maximum Gasteiger partial charge on any atom is 0.408 e. The Bertz CT molecular complexity index is 1960. The van der Waals surface area contributed by atoms with Gasteiger partial charge in [0.2, 0.25) is 11.8 Å². The topological polar surface area (TPSA) is 170 Å². The van der Waals surface area contributed by atoms with Crippen LogP contribution in [-0.4, -0.2) is 95.4 Å². The third kappa shape index (κ3) is 8.72. The highest BCUT2D eigenvalue weighted by Crippen LogP contribution is 2.46. The number of thiazole rings is 1. The molecule has 1 unspecified atom stereocenters. The van der Waals surface area contributed by atoms with E-state index in [9.17, 15) is 19.2 Å². The van der Waals surface area contributed by atoms with Gasteiger partial charge < -0.3 is 39.8 Å². The van der Waals surface area contributed by atoms with Crippen LogP contribution in [0.25, 0.3) is 22.3 Å². The molecule has 4 aliphatic rings. The third-order valence-electron chi connectivity index (χ3n) is 11.1. The second-order valence-electron chi connectivity index (χ2n) is 15.5. The first-order valence-electron chi connectivity index (χ1n) is 19.8. The summed E-state index contributed by atoms with van der Waals surface area (Å²) in [6, 6.07) is 5.65. The average Bonchev–Trinajstić information content (AvgIpc) is 3.62. The molecule has 3 fully saturated rings. The Hall–Kier alpha value is -4.92. The van der Waals surface area contributed by atoms with E-state index in [1.807, 2.05) is 55.6 Å². The zero-order valence-electron chi connectivity index (χ0n) is 32.5. The van der Waals surface area contributed by atoms with Gasteiger partial charge in [0.05, 0.1) is 32.0 Å². The van der Waals surface area contributed by atoms with Gasteiger partial charge in [-0.25, -0.2) is 19.6 Å². The number of nitrogens with one attached hydrogen (secondary N) is 3. The molecule has 0 radical (unpaired) electrons. The molecule has 5 atom stereocenters. The van der Waals surface area contributed by atoms with E-state index in [1.54, 1.807) is 7.11 Å². The minimum absolute atomic E-state index is 0.0653. The summed E-state index contributed by atoms with van der Waals surface area (Å²) in [5.41, 5.74) is 0.669. The SMILES string of the molecule is COC(=O)[C@@]12C[C@H]1/C=C\CCCCC[C@H](NC(=O)OC1CCCC1)C(=O)N1CC(Oc3cc(-c4csc(NC(C)C)n4)nc4cc(OC)ccc34)C[C@H]1C(=O)N2. The van der Waals surface area contributed by atoms with E-state index in [-0.39, 0.29) is 31.0 Å². The van der Waals surface area contributed by atoms with Crippen LogP contribution in [0.2, 0.25) is 0 Å². The molecule has 2 saturated carbocycles. The van der Waals surface area contributed by atoms with Crippen LogP contribution in [-0.2, 0) is 23.9 Å².